The number of pyridine rings is 1. The molecular weight excluding hydrogens is 384 g/mol. The second kappa shape index (κ2) is 9.24. The Kier molecular flexibility index (Phi) is 6.47. The fourth-order valence-corrected chi connectivity index (χ4v) is 4.49. The van der Waals surface area contributed by atoms with Crippen molar-refractivity contribution in [2.24, 2.45) is 0 Å². The number of aryl methyl sites for hydroxylation is 2. The fraction of sp³-hybridized carbons (Fsp3) is 0.545. The third kappa shape index (κ3) is 4.63. The molecule has 1 saturated heterocycles. The van der Waals surface area contributed by atoms with Crippen LogP contribution in [0.5, 0.6) is 0 Å². The molecule has 1 fully saturated rings. The molecule has 0 spiro atoms. The van der Waals surface area contributed by atoms with Crippen molar-refractivity contribution < 1.29 is 4.74 Å². The average Bonchev–Trinajstić information content (AvgIpc) is 2.75. The normalized spacial score (nSPS) is 16.7. The fourth-order valence-electron chi connectivity index (χ4n) is 4.32. The maximum absolute atomic E-state index is 13.1. The molecule has 2 aliphatic heterocycles. The number of ether oxygens (including phenoxy) is 1. The van der Waals surface area contributed by atoms with Crippen LogP contribution in [-0.4, -0.2) is 65.9 Å². The molecular formula is C22H30N4O2S. The summed E-state index contributed by atoms with van der Waals surface area (Å²) in [7, 11) is 1.95. The van der Waals surface area contributed by atoms with Gasteiger partial charge in [-0.15, -0.1) is 0 Å². The smallest absolute Gasteiger partial charge is 0.256 e. The predicted molar refractivity (Wildman–Crippen MR) is 120 cm³/mol. The third-order valence-corrected chi connectivity index (χ3v) is 6.34. The number of hydrogen-bond donors (Lipinski definition) is 1. The van der Waals surface area contributed by atoms with Gasteiger partial charge >= 0.3 is 0 Å². The number of benzene rings is 1. The van der Waals surface area contributed by atoms with E-state index in [1.165, 1.54) is 5.56 Å². The van der Waals surface area contributed by atoms with Crippen LogP contribution in [0.1, 0.15) is 24.0 Å². The zero-order chi connectivity index (χ0) is 20.2. The summed E-state index contributed by atoms with van der Waals surface area (Å²) in [6, 6.07) is 8.37. The van der Waals surface area contributed by atoms with Crippen LogP contribution >= 0.6 is 12.2 Å². The molecule has 1 aromatic heterocycles. The molecule has 2 aromatic rings. The molecule has 0 saturated carbocycles. The minimum Gasteiger partial charge on any atom is -0.379 e. The van der Waals surface area contributed by atoms with Crippen LogP contribution in [0.3, 0.4) is 0 Å². The molecule has 3 heterocycles. The van der Waals surface area contributed by atoms with E-state index in [4.69, 9.17) is 17.0 Å². The monoisotopic (exact) mass is 414 g/mol. The zero-order valence-electron chi connectivity index (χ0n) is 17.2. The van der Waals surface area contributed by atoms with Crippen LogP contribution in [0.15, 0.2) is 29.1 Å². The Labute approximate surface area is 177 Å². The summed E-state index contributed by atoms with van der Waals surface area (Å²) in [4.78, 5) is 17.4. The number of para-hydroxylation sites is 1. The van der Waals surface area contributed by atoms with E-state index in [-0.39, 0.29) is 5.56 Å². The molecule has 1 aromatic carbocycles. The molecule has 156 valence electrons. The van der Waals surface area contributed by atoms with E-state index < -0.39 is 0 Å². The van der Waals surface area contributed by atoms with E-state index in [0.29, 0.717) is 11.7 Å². The Bertz CT molecular complexity index is 936. The van der Waals surface area contributed by atoms with Crippen LogP contribution < -0.4 is 10.9 Å². The van der Waals surface area contributed by atoms with Crippen LogP contribution in [-0.2, 0) is 24.2 Å². The van der Waals surface area contributed by atoms with Gasteiger partial charge in [0.25, 0.3) is 5.56 Å². The van der Waals surface area contributed by atoms with Gasteiger partial charge in [-0.2, -0.15) is 0 Å². The molecule has 7 heteroatoms. The summed E-state index contributed by atoms with van der Waals surface area (Å²) in [5, 5.41) is 5.18. The van der Waals surface area contributed by atoms with E-state index in [2.05, 4.69) is 28.4 Å². The lowest BCUT2D eigenvalue weighted by Gasteiger charge is -2.27. The standard InChI is InChI=1S/C22H30N4O2S/c1-24(22(29)23-8-4-9-25-11-13-28-14-12-25)16-19-15-18-6-2-5-17-7-3-10-26(20(17)18)21(19)27/h2,5-6,15H,3-4,7-14,16H2,1H3,(H,23,29). The lowest BCUT2D eigenvalue weighted by Crippen LogP contribution is -2.41. The Morgan fingerprint density at radius 1 is 1.28 bits per heavy atom. The van der Waals surface area contributed by atoms with Gasteiger partial charge < -0.3 is 19.5 Å². The quantitative estimate of drug-likeness (QED) is 0.576. The minimum atomic E-state index is 0.117. The van der Waals surface area contributed by atoms with Crippen LogP contribution in [0, 0.1) is 0 Å². The Hall–Kier alpha value is -1.96. The van der Waals surface area contributed by atoms with Gasteiger partial charge in [-0.25, -0.2) is 0 Å². The Morgan fingerprint density at radius 3 is 2.93 bits per heavy atom. The molecule has 0 unspecified atom stereocenters. The maximum atomic E-state index is 13.1. The Balaban J connectivity index is 1.36. The van der Waals surface area contributed by atoms with Gasteiger partial charge in [-0.05, 0) is 55.0 Å². The lowest BCUT2D eigenvalue weighted by atomic mass is 10.00. The first-order valence-electron chi connectivity index (χ1n) is 10.6. The van der Waals surface area contributed by atoms with Gasteiger partial charge in [0.1, 0.15) is 0 Å². The van der Waals surface area contributed by atoms with Crippen molar-refractivity contribution in [3.8, 4) is 0 Å². The highest BCUT2D eigenvalue weighted by molar-refractivity contribution is 7.80. The summed E-state index contributed by atoms with van der Waals surface area (Å²) in [6.45, 7) is 6.91. The first-order chi connectivity index (χ1) is 14.1. The topological polar surface area (TPSA) is 49.7 Å². The SMILES string of the molecule is CN(Cc1cc2cccc3c2n(c1=O)CCC3)C(=S)NCCCN1CCOCC1. The van der Waals surface area contributed by atoms with Crippen molar-refractivity contribution in [1.82, 2.24) is 19.7 Å². The summed E-state index contributed by atoms with van der Waals surface area (Å²) >= 11 is 5.55. The number of aromatic nitrogens is 1. The molecule has 0 radical (unpaired) electrons. The number of nitrogens with zero attached hydrogens (tertiary/aromatic N) is 3. The van der Waals surface area contributed by atoms with Crippen LogP contribution in [0.4, 0.5) is 0 Å². The van der Waals surface area contributed by atoms with Crippen molar-refractivity contribution in [2.75, 3.05) is 46.4 Å². The summed E-state index contributed by atoms with van der Waals surface area (Å²) in [5.74, 6) is 0. The number of thiocarbonyl (C=S) groups is 1. The van der Waals surface area contributed by atoms with Gasteiger partial charge in [0, 0.05) is 38.8 Å². The van der Waals surface area contributed by atoms with Crippen molar-refractivity contribution in [3.63, 3.8) is 0 Å². The van der Waals surface area contributed by atoms with Gasteiger partial charge in [0.2, 0.25) is 0 Å². The van der Waals surface area contributed by atoms with E-state index in [0.717, 1.165) is 81.7 Å². The Morgan fingerprint density at radius 2 is 2.10 bits per heavy atom. The highest BCUT2D eigenvalue weighted by atomic mass is 32.1. The summed E-state index contributed by atoms with van der Waals surface area (Å²) in [6.07, 6.45) is 3.11. The maximum Gasteiger partial charge on any atom is 0.256 e. The largest absolute Gasteiger partial charge is 0.379 e. The summed E-state index contributed by atoms with van der Waals surface area (Å²) in [5.41, 5.74) is 3.31. The number of rotatable bonds is 6. The molecule has 4 rings (SSSR count). The first-order valence-corrected chi connectivity index (χ1v) is 11.0. The van der Waals surface area contributed by atoms with Crippen LogP contribution in [0.25, 0.3) is 10.9 Å². The highest BCUT2D eigenvalue weighted by Crippen LogP contribution is 2.24. The predicted octanol–water partition coefficient (Wildman–Crippen LogP) is 1.98. The molecule has 6 nitrogen and oxygen atoms in total. The first kappa shape index (κ1) is 20.3. The minimum absolute atomic E-state index is 0.117. The molecule has 1 N–H and O–H groups in total. The molecule has 2 aliphatic rings. The van der Waals surface area contributed by atoms with Crippen molar-refractivity contribution in [2.45, 2.75) is 32.4 Å². The van der Waals surface area contributed by atoms with Gasteiger partial charge in [-0.3, -0.25) is 9.69 Å². The molecule has 0 aliphatic carbocycles. The van der Waals surface area contributed by atoms with Gasteiger partial charge in [-0.1, -0.05) is 18.2 Å². The molecule has 29 heavy (non-hydrogen) atoms. The van der Waals surface area contributed by atoms with Gasteiger partial charge in [0.15, 0.2) is 5.11 Å². The zero-order valence-corrected chi connectivity index (χ0v) is 18.0. The highest BCUT2D eigenvalue weighted by Gasteiger charge is 2.17. The van der Waals surface area contributed by atoms with Crippen molar-refractivity contribution in [1.29, 1.82) is 0 Å². The van der Waals surface area contributed by atoms with Gasteiger partial charge in [0.05, 0.1) is 25.3 Å². The van der Waals surface area contributed by atoms with Crippen molar-refractivity contribution in [3.05, 3.63) is 45.7 Å². The molecule has 0 atom stereocenters. The third-order valence-electron chi connectivity index (χ3n) is 5.88. The molecule has 0 bridgehead atoms. The van der Waals surface area contributed by atoms with E-state index >= 15 is 0 Å². The second-order valence-electron chi connectivity index (χ2n) is 7.98. The van der Waals surface area contributed by atoms with E-state index in [1.54, 1.807) is 0 Å². The average molecular weight is 415 g/mol. The number of morpholine rings is 1. The van der Waals surface area contributed by atoms with Crippen molar-refractivity contribution >= 4 is 28.2 Å². The number of hydrogen-bond acceptors (Lipinski definition) is 4. The van der Waals surface area contributed by atoms with E-state index in [1.807, 2.05) is 22.6 Å². The number of nitrogens with one attached hydrogen (secondary N) is 1. The lowest BCUT2D eigenvalue weighted by molar-refractivity contribution is 0.0376. The molecule has 0 amide bonds. The van der Waals surface area contributed by atoms with Crippen LogP contribution in [0.2, 0.25) is 0 Å². The van der Waals surface area contributed by atoms with E-state index in [9.17, 15) is 4.79 Å². The summed E-state index contributed by atoms with van der Waals surface area (Å²) < 4.78 is 7.34. The second-order valence-corrected chi connectivity index (χ2v) is 8.37.